The van der Waals surface area contributed by atoms with E-state index in [4.69, 9.17) is 32.7 Å². The summed E-state index contributed by atoms with van der Waals surface area (Å²) >= 11 is 15.7. The molecular formula is C23H19BrCl2N2O3. The summed E-state index contributed by atoms with van der Waals surface area (Å²) < 4.78 is 12.2. The van der Waals surface area contributed by atoms with Crippen LogP contribution in [-0.2, 0) is 17.8 Å². The van der Waals surface area contributed by atoms with Crippen molar-refractivity contribution in [3.63, 3.8) is 0 Å². The number of nitrogens with one attached hydrogen (secondary N) is 1. The number of carbonyl (C=O) groups is 1. The van der Waals surface area contributed by atoms with Crippen molar-refractivity contribution in [3.05, 3.63) is 91.9 Å². The Balaban J connectivity index is 1.62. The van der Waals surface area contributed by atoms with E-state index >= 15 is 0 Å². The Morgan fingerprint density at radius 3 is 2.42 bits per heavy atom. The molecule has 1 N–H and O–H groups in total. The van der Waals surface area contributed by atoms with Crippen LogP contribution in [0.1, 0.15) is 16.7 Å². The predicted molar refractivity (Wildman–Crippen MR) is 127 cm³/mol. The fourth-order valence-electron chi connectivity index (χ4n) is 2.70. The molecule has 0 fully saturated rings. The second-order valence-corrected chi connectivity index (χ2v) is 8.30. The number of halogens is 3. The number of hydrazone groups is 1. The third-order valence-electron chi connectivity index (χ3n) is 4.23. The quantitative estimate of drug-likeness (QED) is 0.290. The van der Waals surface area contributed by atoms with Crippen LogP contribution < -0.4 is 14.9 Å². The third-order valence-corrected chi connectivity index (χ3v) is 5.29. The standard InChI is InChI=1S/C23H19BrCl2N2O3/c1-30-21-11-17(13-27-28-22(29)12-15-2-6-18(24)7-3-15)10-20(26)23(21)31-14-16-4-8-19(25)9-5-16/h2-11,13H,12,14H2,1H3,(H,28,29)/b27-13+. The van der Waals surface area contributed by atoms with Gasteiger partial charge >= 0.3 is 0 Å². The van der Waals surface area contributed by atoms with Gasteiger partial charge in [0.25, 0.3) is 0 Å². The Labute approximate surface area is 199 Å². The highest BCUT2D eigenvalue weighted by Gasteiger charge is 2.12. The Hall–Kier alpha value is -2.54. The van der Waals surface area contributed by atoms with E-state index in [9.17, 15) is 4.79 Å². The first-order valence-corrected chi connectivity index (χ1v) is 10.8. The Bertz CT molecular complexity index is 1070. The molecule has 0 aromatic heterocycles. The molecule has 0 atom stereocenters. The largest absolute Gasteiger partial charge is 0.493 e. The highest BCUT2D eigenvalue weighted by Crippen LogP contribution is 2.36. The van der Waals surface area contributed by atoms with E-state index in [1.807, 2.05) is 36.4 Å². The molecule has 3 rings (SSSR count). The summed E-state index contributed by atoms with van der Waals surface area (Å²) in [5, 5.41) is 5.03. The zero-order valence-corrected chi connectivity index (χ0v) is 19.7. The van der Waals surface area contributed by atoms with E-state index in [2.05, 4.69) is 26.5 Å². The summed E-state index contributed by atoms with van der Waals surface area (Å²) in [6.07, 6.45) is 1.73. The maximum Gasteiger partial charge on any atom is 0.244 e. The minimum atomic E-state index is -0.223. The average molecular weight is 522 g/mol. The van der Waals surface area contributed by atoms with Crippen molar-refractivity contribution < 1.29 is 14.3 Å². The molecule has 0 spiro atoms. The summed E-state index contributed by atoms with van der Waals surface area (Å²) in [6, 6.07) is 18.3. The van der Waals surface area contributed by atoms with Crippen LogP contribution in [0, 0.1) is 0 Å². The second-order valence-electron chi connectivity index (χ2n) is 6.55. The molecule has 0 radical (unpaired) electrons. The molecule has 3 aromatic carbocycles. The van der Waals surface area contributed by atoms with E-state index in [0.29, 0.717) is 33.7 Å². The molecule has 3 aromatic rings. The summed E-state index contributed by atoms with van der Waals surface area (Å²) in [7, 11) is 1.53. The van der Waals surface area contributed by atoms with Crippen LogP contribution in [0.15, 0.2) is 70.2 Å². The van der Waals surface area contributed by atoms with Gasteiger partial charge in [-0.1, -0.05) is 63.4 Å². The van der Waals surface area contributed by atoms with Crippen molar-refractivity contribution >= 4 is 51.3 Å². The number of amides is 1. The fraction of sp³-hybridized carbons (Fsp3) is 0.130. The third kappa shape index (κ3) is 6.99. The van der Waals surface area contributed by atoms with Gasteiger partial charge < -0.3 is 9.47 Å². The topological polar surface area (TPSA) is 59.9 Å². The molecule has 0 aliphatic rings. The van der Waals surface area contributed by atoms with Gasteiger partial charge in [-0.2, -0.15) is 5.10 Å². The number of rotatable bonds is 8. The average Bonchev–Trinajstić information content (AvgIpc) is 2.75. The molecule has 0 aliphatic heterocycles. The minimum absolute atomic E-state index is 0.223. The summed E-state index contributed by atoms with van der Waals surface area (Å²) in [6.45, 7) is 0.312. The van der Waals surface area contributed by atoms with Crippen molar-refractivity contribution in [2.75, 3.05) is 7.11 Å². The molecule has 5 nitrogen and oxygen atoms in total. The first kappa shape index (κ1) is 23.1. The number of methoxy groups -OCH3 is 1. The lowest BCUT2D eigenvalue weighted by Crippen LogP contribution is -2.19. The Kier molecular flexibility index (Phi) is 8.35. The molecule has 0 bridgehead atoms. The molecule has 8 heteroatoms. The maximum absolute atomic E-state index is 12.1. The van der Waals surface area contributed by atoms with Crippen LogP contribution in [0.25, 0.3) is 0 Å². The smallest absolute Gasteiger partial charge is 0.244 e. The molecule has 31 heavy (non-hydrogen) atoms. The van der Waals surface area contributed by atoms with Crippen LogP contribution in [0.4, 0.5) is 0 Å². The lowest BCUT2D eigenvalue weighted by atomic mass is 10.1. The van der Waals surface area contributed by atoms with Crippen LogP contribution >= 0.6 is 39.1 Å². The van der Waals surface area contributed by atoms with Crippen molar-refractivity contribution in [2.45, 2.75) is 13.0 Å². The Morgan fingerprint density at radius 2 is 1.74 bits per heavy atom. The van der Waals surface area contributed by atoms with Crippen LogP contribution in [0.3, 0.4) is 0 Å². The van der Waals surface area contributed by atoms with Gasteiger partial charge in [0.05, 0.1) is 24.8 Å². The molecule has 160 valence electrons. The molecule has 0 saturated carbocycles. The first-order chi connectivity index (χ1) is 14.9. The number of carbonyl (C=O) groups excluding carboxylic acids is 1. The van der Waals surface area contributed by atoms with Gasteiger partial charge in [-0.05, 0) is 53.1 Å². The van der Waals surface area contributed by atoms with E-state index in [1.165, 1.54) is 13.3 Å². The van der Waals surface area contributed by atoms with Gasteiger partial charge in [0.15, 0.2) is 11.5 Å². The van der Waals surface area contributed by atoms with Crippen molar-refractivity contribution in [1.29, 1.82) is 0 Å². The van der Waals surface area contributed by atoms with E-state index in [0.717, 1.165) is 15.6 Å². The number of hydrogen-bond acceptors (Lipinski definition) is 4. The zero-order valence-electron chi connectivity index (χ0n) is 16.6. The Morgan fingerprint density at radius 1 is 1.06 bits per heavy atom. The second kappa shape index (κ2) is 11.2. The maximum atomic E-state index is 12.1. The molecule has 0 aliphatic carbocycles. The van der Waals surface area contributed by atoms with Gasteiger partial charge in [0, 0.05) is 9.50 Å². The molecule has 0 heterocycles. The van der Waals surface area contributed by atoms with E-state index < -0.39 is 0 Å². The normalized spacial score (nSPS) is 10.8. The lowest BCUT2D eigenvalue weighted by Gasteiger charge is -2.13. The van der Waals surface area contributed by atoms with Crippen molar-refractivity contribution in [1.82, 2.24) is 5.43 Å². The molecule has 1 amide bonds. The minimum Gasteiger partial charge on any atom is -0.493 e. The molecular weight excluding hydrogens is 503 g/mol. The van der Waals surface area contributed by atoms with E-state index in [-0.39, 0.29) is 12.3 Å². The number of hydrogen-bond donors (Lipinski definition) is 1. The highest BCUT2D eigenvalue weighted by atomic mass is 79.9. The van der Waals surface area contributed by atoms with Gasteiger partial charge in [0.2, 0.25) is 5.91 Å². The van der Waals surface area contributed by atoms with E-state index in [1.54, 1.807) is 24.3 Å². The predicted octanol–water partition coefficient (Wildman–Crippen LogP) is 6.04. The zero-order chi connectivity index (χ0) is 22.2. The number of ether oxygens (including phenoxy) is 2. The van der Waals surface area contributed by atoms with Gasteiger partial charge in [0.1, 0.15) is 6.61 Å². The van der Waals surface area contributed by atoms with Gasteiger partial charge in [-0.3, -0.25) is 4.79 Å². The monoisotopic (exact) mass is 520 g/mol. The van der Waals surface area contributed by atoms with Crippen molar-refractivity contribution in [3.8, 4) is 11.5 Å². The fourth-order valence-corrected chi connectivity index (χ4v) is 3.36. The molecule has 0 saturated heterocycles. The summed E-state index contributed by atoms with van der Waals surface area (Å²) in [5.41, 5.74) is 5.00. The first-order valence-electron chi connectivity index (χ1n) is 9.25. The SMILES string of the molecule is COc1cc(/C=N/NC(=O)Cc2ccc(Br)cc2)cc(Cl)c1OCc1ccc(Cl)cc1. The van der Waals surface area contributed by atoms with Crippen molar-refractivity contribution in [2.24, 2.45) is 5.10 Å². The van der Waals surface area contributed by atoms with Gasteiger partial charge in [-0.15, -0.1) is 0 Å². The molecule has 0 unspecified atom stereocenters. The lowest BCUT2D eigenvalue weighted by molar-refractivity contribution is -0.120. The van der Waals surface area contributed by atoms with Gasteiger partial charge in [-0.25, -0.2) is 5.43 Å². The van der Waals surface area contributed by atoms with Crippen LogP contribution in [-0.4, -0.2) is 19.2 Å². The highest BCUT2D eigenvalue weighted by molar-refractivity contribution is 9.10. The summed E-state index contributed by atoms with van der Waals surface area (Å²) in [4.78, 5) is 12.1. The number of benzene rings is 3. The summed E-state index contributed by atoms with van der Waals surface area (Å²) in [5.74, 6) is 0.666. The van der Waals surface area contributed by atoms with Crippen LogP contribution in [0.2, 0.25) is 10.0 Å². The number of nitrogens with zero attached hydrogens (tertiary/aromatic N) is 1. The van der Waals surface area contributed by atoms with Crippen LogP contribution in [0.5, 0.6) is 11.5 Å².